The van der Waals surface area contributed by atoms with Gasteiger partial charge in [0, 0.05) is 31.5 Å². The molecule has 2 aromatic rings. The van der Waals surface area contributed by atoms with Crippen molar-refractivity contribution in [1.29, 1.82) is 0 Å². The smallest absolute Gasteiger partial charge is 0.410 e. The number of pyridine rings is 1. The second kappa shape index (κ2) is 8.41. The Labute approximate surface area is 164 Å². The minimum atomic E-state index is -0.549. The molecule has 8 heteroatoms. The summed E-state index contributed by atoms with van der Waals surface area (Å²) in [5, 5.41) is 7.24. The van der Waals surface area contributed by atoms with Crippen molar-refractivity contribution in [2.24, 2.45) is 5.92 Å². The van der Waals surface area contributed by atoms with Crippen molar-refractivity contribution < 1.29 is 14.3 Å². The molecule has 2 amide bonds. The molecule has 1 unspecified atom stereocenters. The summed E-state index contributed by atoms with van der Waals surface area (Å²) in [6, 6.07) is 7.47. The number of rotatable bonds is 4. The van der Waals surface area contributed by atoms with E-state index in [1.807, 2.05) is 39.0 Å². The molecule has 2 aromatic heterocycles. The van der Waals surface area contributed by atoms with E-state index in [0.717, 1.165) is 18.5 Å². The van der Waals surface area contributed by atoms with Gasteiger partial charge in [-0.15, -0.1) is 0 Å². The highest BCUT2D eigenvalue weighted by Crippen LogP contribution is 2.20. The molecule has 0 bridgehead atoms. The van der Waals surface area contributed by atoms with Crippen LogP contribution in [0.2, 0.25) is 0 Å². The predicted octanol–water partition coefficient (Wildman–Crippen LogP) is 2.91. The number of likely N-dealkylation sites (tertiary alicyclic amines) is 1. The number of amides is 2. The Balaban J connectivity index is 1.55. The summed E-state index contributed by atoms with van der Waals surface area (Å²) in [5.41, 5.74) is 0.343. The first-order chi connectivity index (χ1) is 13.3. The first-order valence-electron chi connectivity index (χ1n) is 9.52. The number of hydrogen-bond donors (Lipinski definition) is 1. The standard InChI is InChI=1S/C20H27N5O3/c1-20(2,3)28-19(27)24-11-6-7-15(13-24)18(26)22-17-9-12-25(23-17)14-16-8-4-5-10-21-16/h4-5,8-10,12,15H,6-7,11,13-14H2,1-3H3,(H,22,23,26). The molecular formula is C20H27N5O3. The summed E-state index contributed by atoms with van der Waals surface area (Å²) >= 11 is 0. The maximum Gasteiger partial charge on any atom is 0.410 e. The highest BCUT2D eigenvalue weighted by atomic mass is 16.6. The maximum atomic E-state index is 12.6. The molecule has 1 saturated heterocycles. The van der Waals surface area contributed by atoms with E-state index in [-0.39, 0.29) is 17.9 Å². The van der Waals surface area contributed by atoms with E-state index in [0.29, 0.717) is 25.5 Å². The second-order valence-corrected chi connectivity index (χ2v) is 7.97. The van der Waals surface area contributed by atoms with Gasteiger partial charge in [0.1, 0.15) is 5.60 Å². The Kier molecular flexibility index (Phi) is 5.96. The zero-order valence-electron chi connectivity index (χ0n) is 16.6. The van der Waals surface area contributed by atoms with Crippen molar-refractivity contribution in [3.63, 3.8) is 0 Å². The molecule has 1 N–H and O–H groups in total. The summed E-state index contributed by atoms with van der Waals surface area (Å²) in [7, 11) is 0. The highest BCUT2D eigenvalue weighted by molar-refractivity contribution is 5.92. The van der Waals surface area contributed by atoms with E-state index >= 15 is 0 Å². The van der Waals surface area contributed by atoms with Crippen LogP contribution in [0, 0.1) is 5.92 Å². The van der Waals surface area contributed by atoms with Gasteiger partial charge in [0.15, 0.2) is 5.82 Å². The zero-order valence-corrected chi connectivity index (χ0v) is 16.6. The molecule has 1 aliphatic heterocycles. The Bertz CT molecular complexity index is 813. The van der Waals surface area contributed by atoms with Crippen molar-refractivity contribution >= 4 is 17.8 Å². The van der Waals surface area contributed by atoms with Gasteiger partial charge in [-0.05, 0) is 45.7 Å². The normalized spacial score (nSPS) is 17.2. The largest absolute Gasteiger partial charge is 0.444 e. The molecule has 0 aliphatic carbocycles. The summed E-state index contributed by atoms with van der Waals surface area (Å²) < 4.78 is 7.15. The first-order valence-corrected chi connectivity index (χ1v) is 9.52. The van der Waals surface area contributed by atoms with Gasteiger partial charge in [0.25, 0.3) is 0 Å². The summed E-state index contributed by atoms with van der Waals surface area (Å²) in [5.74, 6) is 0.0916. The van der Waals surface area contributed by atoms with Crippen LogP contribution in [0.5, 0.6) is 0 Å². The van der Waals surface area contributed by atoms with Gasteiger partial charge >= 0.3 is 6.09 Å². The lowest BCUT2D eigenvalue weighted by molar-refractivity contribution is -0.121. The molecule has 1 aliphatic rings. The fourth-order valence-electron chi connectivity index (χ4n) is 3.09. The van der Waals surface area contributed by atoms with Gasteiger partial charge in [-0.25, -0.2) is 4.79 Å². The van der Waals surface area contributed by atoms with Gasteiger partial charge in [-0.3, -0.25) is 14.5 Å². The highest BCUT2D eigenvalue weighted by Gasteiger charge is 2.31. The Morgan fingerprint density at radius 3 is 2.82 bits per heavy atom. The molecule has 1 atom stereocenters. The van der Waals surface area contributed by atoms with Crippen molar-refractivity contribution in [2.45, 2.75) is 45.8 Å². The molecule has 0 aromatic carbocycles. The third-order valence-corrected chi connectivity index (χ3v) is 4.39. The Morgan fingerprint density at radius 2 is 2.11 bits per heavy atom. The average molecular weight is 385 g/mol. The minimum Gasteiger partial charge on any atom is -0.444 e. The van der Waals surface area contributed by atoms with E-state index in [1.54, 1.807) is 28.0 Å². The van der Waals surface area contributed by atoms with E-state index < -0.39 is 5.60 Å². The Hall–Kier alpha value is -2.90. The third-order valence-electron chi connectivity index (χ3n) is 4.39. The molecule has 8 nitrogen and oxygen atoms in total. The van der Waals surface area contributed by atoms with Crippen LogP contribution >= 0.6 is 0 Å². The van der Waals surface area contributed by atoms with Gasteiger partial charge in [-0.2, -0.15) is 5.10 Å². The van der Waals surface area contributed by atoms with Gasteiger partial charge in [0.05, 0.1) is 18.2 Å². The number of carbonyl (C=O) groups excluding carboxylic acids is 2. The van der Waals surface area contributed by atoms with Crippen molar-refractivity contribution in [1.82, 2.24) is 19.7 Å². The van der Waals surface area contributed by atoms with Crippen molar-refractivity contribution in [2.75, 3.05) is 18.4 Å². The number of aromatic nitrogens is 3. The first kappa shape index (κ1) is 19.9. The molecular weight excluding hydrogens is 358 g/mol. The molecule has 150 valence electrons. The lowest BCUT2D eigenvalue weighted by atomic mass is 9.97. The quantitative estimate of drug-likeness (QED) is 0.874. The van der Waals surface area contributed by atoms with Crippen LogP contribution < -0.4 is 5.32 Å². The number of nitrogens with zero attached hydrogens (tertiary/aromatic N) is 4. The van der Waals surface area contributed by atoms with Gasteiger partial charge < -0.3 is 15.0 Å². The monoisotopic (exact) mass is 385 g/mol. The van der Waals surface area contributed by atoms with Crippen molar-refractivity contribution in [3.8, 4) is 0 Å². The molecule has 0 saturated carbocycles. The van der Waals surface area contributed by atoms with Crippen LogP contribution in [0.1, 0.15) is 39.3 Å². The molecule has 1 fully saturated rings. The predicted molar refractivity (Wildman–Crippen MR) is 105 cm³/mol. The van der Waals surface area contributed by atoms with Gasteiger partial charge in [-0.1, -0.05) is 6.07 Å². The minimum absolute atomic E-state index is 0.128. The molecule has 28 heavy (non-hydrogen) atoms. The van der Waals surface area contributed by atoms with Crippen LogP contribution in [0.15, 0.2) is 36.7 Å². The van der Waals surface area contributed by atoms with E-state index in [2.05, 4.69) is 15.4 Å². The van der Waals surface area contributed by atoms with E-state index in [9.17, 15) is 9.59 Å². The topological polar surface area (TPSA) is 89.4 Å². The molecule has 3 rings (SSSR count). The number of hydrogen-bond acceptors (Lipinski definition) is 5. The van der Waals surface area contributed by atoms with Crippen LogP contribution in [0.3, 0.4) is 0 Å². The number of anilines is 1. The average Bonchev–Trinajstić information content (AvgIpc) is 3.08. The van der Waals surface area contributed by atoms with E-state index in [4.69, 9.17) is 4.74 Å². The maximum absolute atomic E-state index is 12.6. The number of nitrogens with one attached hydrogen (secondary N) is 1. The molecule has 0 radical (unpaired) electrons. The number of carbonyl (C=O) groups is 2. The number of piperidine rings is 1. The number of ether oxygens (including phenoxy) is 1. The van der Waals surface area contributed by atoms with Crippen molar-refractivity contribution in [3.05, 3.63) is 42.4 Å². The van der Waals surface area contributed by atoms with Gasteiger partial charge in [0.2, 0.25) is 5.91 Å². The zero-order chi connectivity index (χ0) is 20.1. The third kappa shape index (κ3) is 5.55. The summed E-state index contributed by atoms with van der Waals surface area (Å²) in [6.07, 6.45) is 4.68. The van der Waals surface area contributed by atoms with Crippen LogP contribution in [0.25, 0.3) is 0 Å². The molecule has 3 heterocycles. The molecule has 0 spiro atoms. The fraction of sp³-hybridized carbons (Fsp3) is 0.500. The van der Waals surface area contributed by atoms with E-state index in [1.165, 1.54) is 0 Å². The van der Waals surface area contributed by atoms with Crippen LogP contribution in [-0.4, -0.2) is 50.4 Å². The summed E-state index contributed by atoms with van der Waals surface area (Å²) in [4.78, 5) is 30.8. The van der Waals surface area contributed by atoms with Crippen LogP contribution in [-0.2, 0) is 16.1 Å². The summed E-state index contributed by atoms with van der Waals surface area (Å²) in [6.45, 7) is 7.00. The lowest BCUT2D eigenvalue weighted by Gasteiger charge is -2.33. The van der Waals surface area contributed by atoms with Crippen LogP contribution in [0.4, 0.5) is 10.6 Å². The fourth-order valence-corrected chi connectivity index (χ4v) is 3.09. The lowest BCUT2D eigenvalue weighted by Crippen LogP contribution is -2.45. The Morgan fingerprint density at radius 1 is 1.29 bits per heavy atom. The SMILES string of the molecule is CC(C)(C)OC(=O)N1CCCC(C(=O)Nc2ccn(Cc3ccccn3)n2)C1. The second-order valence-electron chi connectivity index (χ2n) is 7.97.